The molecule has 1 fully saturated rings. The Morgan fingerprint density at radius 2 is 1.79 bits per heavy atom. The number of hydrogen-bond acceptors (Lipinski definition) is 6. The van der Waals surface area contributed by atoms with E-state index in [1.807, 2.05) is 31.7 Å². The third kappa shape index (κ3) is 3.56. The summed E-state index contributed by atoms with van der Waals surface area (Å²) in [5.41, 5.74) is 3.55. The minimum Gasteiger partial charge on any atom is -0.493 e. The number of rotatable bonds is 5. The van der Waals surface area contributed by atoms with Crippen molar-refractivity contribution in [3.05, 3.63) is 39.7 Å². The highest BCUT2D eigenvalue weighted by Gasteiger charge is 2.28. The predicted octanol–water partition coefficient (Wildman–Crippen LogP) is 3.25. The van der Waals surface area contributed by atoms with E-state index in [-0.39, 0.29) is 5.91 Å². The zero-order valence-corrected chi connectivity index (χ0v) is 17.8. The van der Waals surface area contributed by atoms with Crippen molar-refractivity contribution in [1.29, 1.82) is 0 Å². The van der Waals surface area contributed by atoms with Crippen LogP contribution in [0.15, 0.2) is 17.2 Å². The van der Waals surface area contributed by atoms with Gasteiger partial charge in [0.2, 0.25) is 5.75 Å². The summed E-state index contributed by atoms with van der Waals surface area (Å²) in [4.78, 5) is 15.0. The third-order valence-electron chi connectivity index (χ3n) is 4.82. The number of methoxy groups -OCH3 is 3. The fourth-order valence-electron chi connectivity index (χ4n) is 3.23. The molecule has 0 radical (unpaired) electrons. The summed E-state index contributed by atoms with van der Waals surface area (Å²) in [6.07, 6.45) is 2.05. The average Bonchev–Trinajstić information content (AvgIpc) is 3.26. The lowest BCUT2D eigenvalue weighted by molar-refractivity contribution is 0.0830. The minimum atomic E-state index is -0.102. The number of thioether (sulfide) groups is 1. The molecule has 1 amide bonds. The Hall–Kier alpha value is -2.61. The summed E-state index contributed by atoms with van der Waals surface area (Å²) in [7, 11) is 6.54. The SMILES string of the molecule is COc1cc(C(=O)N2CCS/C2=C/c2c(C)nn(C)c2C)cc(OC)c1OC. The molecule has 2 heterocycles. The summed E-state index contributed by atoms with van der Waals surface area (Å²) in [6.45, 7) is 4.64. The molecule has 1 saturated heterocycles. The molecule has 1 aromatic heterocycles. The van der Waals surface area contributed by atoms with Gasteiger partial charge in [0.1, 0.15) is 0 Å². The molecule has 2 aromatic rings. The molecule has 150 valence electrons. The van der Waals surface area contributed by atoms with Crippen LogP contribution in [0, 0.1) is 13.8 Å². The summed E-state index contributed by atoms with van der Waals surface area (Å²) in [5, 5.41) is 5.37. The first-order chi connectivity index (χ1) is 13.4. The molecule has 28 heavy (non-hydrogen) atoms. The van der Waals surface area contributed by atoms with Gasteiger partial charge in [-0.05, 0) is 32.1 Å². The topological polar surface area (TPSA) is 65.8 Å². The van der Waals surface area contributed by atoms with Crippen molar-refractivity contribution in [2.45, 2.75) is 13.8 Å². The van der Waals surface area contributed by atoms with Crippen LogP contribution >= 0.6 is 11.8 Å². The maximum Gasteiger partial charge on any atom is 0.258 e. The van der Waals surface area contributed by atoms with Crippen LogP contribution in [0.1, 0.15) is 27.3 Å². The van der Waals surface area contributed by atoms with Gasteiger partial charge in [0, 0.05) is 36.2 Å². The van der Waals surface area contributed by atoms with Gasteiger partial charge >= 0.3 is 0 Å². The van der Waals surface area contributed by atoms with Crippen molar-refractivity contribution in [3.8, 4) is 17.2 Å². The first-order valence-corrected chi connectivity index (χ1v) is 9.86. The highest BCUT2D eigenvalue weighted by Crippen LogP contribution is 2.40. The minimum absolute atomic E-state index is 0.102. The van der Waals surface area contributed by atoms with Crippen LogP contribution in [-0.4, -0.2) is 54.2 Å². The Bertz CT molecular complexity index is 911. The van der Waals surface area contributed by atoms with Gasteiger partial charge in [0.25, 0.3) is 5.91 Å². The molecule has 0 unspecified atom stereocenters. The zero-order valence-electron chi connectivity index (χ0n) is 17.0. The van der Waals surface area contributed by atoms with Crippen molar-refractivity contribution in [1.82, 2.24) is 14.7 Å². The molecule has 0 spiro atoms. The first-order valence-electron chi connectivity index (χ1n) is 8.87. The van der Waals surface area contributed by atoms with E-state index < -0.39 is 0 Å². The molecular formula is C20H25N3O4S. The number of carbonyl (C=O) groups is 1. The fraction of sp³-hybridized carbons (Fsp3) is 0.400. The quantitative estimate of drug-likeness (QED) is 0.764. The van der Waals surface area contributed by atoms with E-state index in [1.54, 1.807) is 35.9 Å². The Balaban J connectivity index is 1.99. The zero-order chi connectivity index (χ0) is 20.4. The van der Waals surface area contributed by atoms with Crippen molar-refractivity contribution in [2.24, 2.45) is 7.05 Å². The number of carbonyl (C=O) groups excluding carboxylic acids is 1. The van der Waals surface area contributed by atoms with Crippen molar-refractivity contribution in [3.63, 3.8) is 0 Å². The van der Waals surface area contributed by atoms with Gasteiger partial charge in [-0.3, -0.25) is 9.48 Å². The number of aryl methyl sites for hydroxylation is 2. The van der Waals surface area contributed by atoms with Crippen molar-refractivity contribution >= 4 is 23.7 Å². The van der Waals surface area contributed by atoms with Gasteiger partial charge in [0.05, 0.1) is 32.1 Å². The maximum absolute atomic E-state index is 13.3. The summed E-state index contributed by atoms with van der Waals surface area (Å²) in [5.74, 6) is 2.13. The van der Waals surface area contributed by atoms with E-state index in [4.69, 9.17) is 14.2 Å². The summed E-state index contributed by atoms with van der Waals surface area (Å²) in [6, 6.07) is 3.37. The monoisotopic (exact) mass is 403 g/mol. The number of hydrogen-bond donors (Lipinski definition) is 0. The van der Waals surface area contributed by atoms with Crippen LogP contribution in [0.5, 0.6) is 17.2 Å². The molecule has 0 atom stereocenters. The first kappa shape index (κ1) is 20.1. The molecule has 0 saturated carbocycles. The number of ether oxygens (including phenoxy) is 3. The Kier molecular flexibility index (Phi) is 5.88. The lowest BCUT2D eigenvalue weighted by Crippen LogP contribution is -2.26. The maximum atomic E-state index is 13.3. The molecular weight excluding hydrogens is 378 g/mol. The van der Waals surface area contributed by atoms with Gasteiger partial charge in [-0.25, -0.2) is 0 Å². The van der Waals surface area contributed by atoms with Crippen molar-refractivity contribution in [2.75, 3.05) is 33.6 Å². The Labute approximate surface area is 169 Å². The van der Waals surface area contributed by atoms with Gasteiger partial charge < -0.3 is 19.1 Å². The standard InChI is InChI=1S/C20H25N3O4S/c1-12-15(13(2)22(3)21-12)11-18-23(7-8-28-18)20(24)14-9-16(25-4)19(27-6)17(10-14)26-5/h9-11H,7-8H2,1-6H3/b18-11+. The molecule has 0 aliphatic carbocycles. The highest BCUT2D eigenvalue weighted by molar-refractivity contribution is 8.03. The number of nitrogens with zero attached hydrogens (tertiary/aromatic N) is 3. The smallest absolute Gasteiger partial charge is 0.258 e. The Morgan fingerprint density at radius 3 is 2.29 bits per heavy atom. The second kappa shape index (κ2) is 8.18. The lowest BCUT2D eigenvalue weighted by atomic mass is 10.1. The van der Waals surface area contributed by atoms with Gasteiger partial charge in [-0.1, -0.05) is 0 Å². The lowest BCUT2D eigenvalue weighted by Gasteiger charge is -2.19. The van der Waals surface area contributed by atoms with Crippen LogP contribution in [-0.2, 0) is 7.05 Å². The van der Waals surface area contributed by atoms with Crippen LogP contribution in [0.3, 0.4) is 0 Å². The predicted molar refractivity (Wildman–Crippen MR) is 110 cm³/mol. The molecule has 8 heteroatoms. The van der Waals surface area contributed by atoms with E-state index in [9.17, 15) is 4.79 Å². The van der Waals surface area contributed by atoms with E-state index in [1.165, 1.54) is 14.2 Å². The second-order valence-electron chi connectivity index (χ2n) is 6.41. The van der Waals surface area contributed by atoms with Crippen LogP contribution < -0.4 is 14.2 Å². The number of amides is 1. The van der Waals surface area contributed by atoms with Gasteiger partial charge in [-0.15, -0.1) is 11.8 Å². The van der Waals surface area contributed by atoms with Gasteiger partial charge in [0.15, 0.2) is 11.5 Å². The van der Waals surface area contributed by atoms with Crippen molar-refractivity contribution < 1.29 is 19.0 Å². The van der Waals surface area contributed by atoms with Crippen LogP contribution in [0.25, 0.3) is 6.08 Å². The second-order valence-corrected chi connectivity index (χ2v) is 7.53. The molecule has 0 bridgehead atoms. The van der Waals surface area contributed by atoms with Gasteiger partial charge in [-0.2, -0.15) is 5.10 Å². The molecule has 1 aliphatic rings. The molecule has 1 aliphatic heterocycles. The highest BCUT2D eigenvalue weighted by atomic mass is 32.2. The molecule has 7 nitrogen and oxygen atoms in total. The molecule has 1 aromatic carbocycles. The Morgan fingerprint density at radius 1 is 1.14 bits per heavy atom. The largest absolute Gasteiger partial charge is 0.493 e. The summed E-state index contributed by atoms with van der Waals surface area (Å²) < 4.78 is 18.0. The fourth-order valence-corrected chi connectivity index (χ4v) is 4.25. The molecule has 0 N–H and O–H groups in total. The normalized spacial score (nSPS) is 15.2. The number of benzene rings is 1. The van der Waals surface area contributed by atoms with Crippen LogP contribution in [0.4, 0.5) is 0 Å². The van der Waals surface area contributed by atoms with E-state index >= 15 is 0 Å². The number of aromatic nitrogens is 2. The van der Waals surface area contributed by atoms with E-state index in [0.29, 0.717) is 29.4 Å². The van der Waals surface area contributed by atoms with E-state index in [2.05, 4.69) is 5.10 Å². The van der Waals surface area contributed by atoms with Crippen LogP contribution in [0.2, 0.25) is 0 Å². The molecule has 3 rings (SSSR count). The third-order valence-corrected chi connectivity index (χ3v) is 5.84. The average molecular weight is 404 g/mol. The van der Waals surface area contributed by atoms with E-state index in [0.717, 1.165) is 27.7 Å². The summed E-state index contributed by atoms with van der Waals surface area (Å²) >= 11 is 1.66.